The Morgan fingerprint density at radius 3 is 2.03 bits per heavy atom. The van der Waals surface area contributed by atoms with Crippen LogP contribution in [0.1, 0.15) is 45.7 Å². The van der Waals surface area contributed by atoms with Gasteiger partial charge < -0.3 is 10.2 Å². The molecule has 2 aliphatic rings. The first-order valence-electron chi connectivity index (χ1n) is 12.0. The smallest absolute Gasteiger partial charge is 0.236 e. The summed E-state index contributed by atoms with van der Waals surface area (Å²) in [5.74, 6) is 1.28. The van der Waals surface area contributed by atoms with E-state index in [9.17, 15) is 14.0 Å². The second-order valence-electron chi connectivity index (χ2n) is 10.1. The summed E-state index contributed by atoms with van der Waals surface area (Å²) < 4.78 is 13.3. The SMILES string of the molecule is CC(C)[C@@H](NC(=O)CN1CCN(CC(=O)N2C[C@H](C)C[C@H](C)C2)CC1)c1ccc(F)cc1. The monoisotopic (exact) mass is 446 g/mol. The molecule has 0 saturated carbocycles. The van der Waals surface area contributed by atoms with Crippen LogP contribution < -0.4 is 5.32 Å². The molecule has 0 aromatic heterocycles. The molecule has 2 amide bonds. The molecule has 3 rings (SSSR count). The van der Waals surface area contributed by atoms with Crippen molar-refractivity contribution in [3.05, 3.63) is 35.6 Å². The summed E-state index contributed by atoms with van der Waals surface area (Å²) in [7, 11) is 0. The Balaban J connectivity index is 1.43. The van der Waals surface area contributed by atoms with Crippen molar-refractivity contribution in [2.45, 2.75) is 40.2 Å². The summed E-state index contributed by atoms with van der Waals surface area (Å²) in [6.07, 6.45) is 1.20. The van der Waals surface area contributed by atoms with Gasteiger partial charge in [-0.25, -0.2) is 4.39 Å². The van der Waals surface area contributed by atoms with Gasteiger partial charge in [-0.1, -0.05) is 39.8 Å². The van der Waals surface area contributed by atoms with Gasteiger partial charge in [0.1, 0.15) is 5.82 Å². The number of nitrogens with one attached hydrogen (secondary N) is 1. The molecule has 2 fully saturated rings. The molecule has 0 unspecified atom stereocenters. The van der Waals surface area contributed by atoms with Crippen LogP contribution in [0.4, 0.5) is 4.39 Å². The highest BCUT2D eigenvalue weighted by molar-refractivity contribution is 5.79. The third kappa shape index (κ3) is 7.01. The number of benzene rings is 1. The van der Waals surface area contributed by atoms with Gasteiger partial charge in [0.2, 0.25) is 11.8 Å². The molecular weight excluding hydrogens is 407 g/mol. The predicted molar refractivity (Wildman–Crippen MR) is 125 cm³/mol. The summed E-state index contributed by atoms with van der Waals surface area (Å²) in [6, 6.07) is 6.20. The van der Waals surface area contributed by atoms with Crippen LogP contribution in [0.2, 0.25) is 0 Å². The summed E-state index contributed by atoms with van der Waals surface area (Å²) in [5.41, 5.74) is 0.916. The lowest BCUT2D eigenvalue weighted by atomic mass is 9.92. The van der Waals surface area contributed by atoms with Crippen LogP contribution in [0.3, 0.4) is 0 Å². The Bertz CT molecular complexity index is 752. The fourth-order valence-corrected chi connectivity index (χ4v) is 4.99. The summed E-state index contributed by atoms with van der Waals surface area (Å²) in [6.45, 7) is 14.2. The molecule has 0 aliphatic carbocycles. The molecule has 6 nitrogen and oxygen atoms in total. The lowest BCUT2D eigenvalue weighted by molar-refractivity contribution is -0.136. The van der Waals surface area contributed by atoms with Gasteiger partial charge in [0.05, 0.1) is 19.1 Å². The van der Waals surface area contributed by atoms with Gasteiger partial charge in [0.15, 0.2) is 0 Å². The molecule has 178 valence electrons. The Kier molecular flexibility index (Phi) is 8.65. The van der Waals surface area contributed by atoms with Crippen LogP contribution >= 0.6 is 0 Å². The zero-order chi connectivity index (χ0) is 23.3. The number of carbonyl (C=O) groups is 2. The molecule has 7 heteroatoms. The molecular formula is C25H39FN4O2. The Labute approximate surface area is 192 Å². The standard InChI is InChI=1S/C25H39FN4O2/c1-18(2)25(21-5-7-22(26)8-6-21)27-23(31)16-28-9-11-29(12-10-28)17-24(32)30-14-19(3)13-20(4)15-30/h5-8,18-20,25H,9-17H2,1-4H3,(H,27,31)/t19-,20+,25-/m1/s1. The summed E-state index contributed by atoms with van der Waals surface area (Å²) >= 11 is 0. The zero-order valence-electron chi connectivity index (χ0n) is 20.0. The molecule has 1 N–H and O–H groups in total. The Morgan fingerprint density at radius 2 is 1.50 bits per heavy atom. The van der Waals surface area contributed by atoms with Gasteiger partial charge in [-0.05, 0) is 41.9 Å². The average Bonchev–Trinajstić information content (AvgIpc) is 2.73. The largest absolute Gasteiger partial charge is 0.348 e. The van der Waals surface area contributed by atoms with Gasteiger partial charge in [-0.2, -0.15) is 0 Å². The van der Waals surface area contributed by atoms with Gasteiger partial charge in [0, 0.05) is 39.3 Å². The molecule has 2 heterocycles. The molecule has 0 spiro atoms. The maximum absolute atomic E-state index is 13.3. The highest BCUT2D eigenvalue weighted by Crippen LogP contribution is 2.22. The van der Waals surface area contributed by atoms with E-state index in [0.717, 1.165) is 44.8 Å². The normalized spacial score (nSPS) is 23.9. The number of carbonyl (C=O) groups excluding carboxylic acids is 2. The third-order valence-corrected chi connectivity index (χ3v) is 6.62. The first-order valence-corrected chi connectivity index (χ1v) is 12.0. The minimum Gasteiger partial charge on any atom is -0.348 e. The van der Waals surface area contributed by atoms with Crippen molar-refractivity contribution < 1.29 is 14.0 Å². The average molecular weight is 447 g/mol. The summed E-state index contributed by atoms with van der Waals surface area (Å²) in [5, 5.41) is 3.12. The number of hydrogen-bond acceptors (Lipinski definition) is 4. The van der Waals surface area contributed by atoms with Gasteiger partial charge in [-0.3, -0.25) is 19.4 Å². The first-order chi connectivity index (χ1) is 15.2. The highest BCUT2D eigenvalue weighted by atomic mass is 19.1. The molecule has 0 radical (unpaired) electrons. The molecule has 2 aliphatic heterocycles. The van der Waals surface area contributed by atoms with E-state index < -0.39 is 0 Å². The van der Waals surface area contributed by atoms with E-state index >= 15 is 0 Å². The van der Waals surface area contributed by atoms with E-state index in [1.54, 1.807) is 12.1 Å². The number of likely N-dealkylation sites (tertiary alicyclic amines) is 1. The second-order valence-corrected chi connectivity index (χ2v) is 10.1. The zero-order valence-corrected chi connectivity index (χ0v) is 20.0. The number of hydrogen-bond donors (Lipinski definition) is 1. The van der Waals surface area contributed by atoms with Crippen molar-refractivity contribution >= 4 is 11.8 Å². The van der Waals surface area contributed by atoms with Crippen LogP contribution in [-0.4, -0.2) is 78.9 Å². The van der Waals surface area contributed by atoms with Crippen molar-refractivity contribution in [1.29, 1.82) is 0 Å². The van der Waals surface area contributed by atoms with Crippen LogP contribution in [0.5, 0.6) is 0 Å². The molecule has 3 atom stereocenters. The van der Waals surface area contributed by atoms with E-state index in [4.69, 9.17) is 0 Å². The van der Waals surface area contributed by atoms with Crippen LogP contribution in [0.25, 0.3) is 0 Å². The van der Waals surface area contributed by atoms with E-state index in [0.29, 0.717) is 24.9 Å². The quantitative estimate of drug-likeness (QED) is 0.700. The fourth-order valence-electron chi connectivity index (χ4n) is 4.99. The first kappa shape index (κ1) is 24.6. The maximum atomic E-state index is 13.3. The Morgan fingerprint density at radius 1 is 0.969 bits per heavy atom. The number of rotatable bonds is 7. The highest BCUT2D eigenvalue weighted by Gasteiger charge is 2.28. The minimum atomic E-state index is -0.275. The number of nitrogens with zero attached hydrogens (tertiary/aromatic N) is 3. The van der Waals surface area contributed by atoms with E-state index in [2.05, 4.69) is 29.0 Å². The number of amides is 2. The van der Waals surface area contributed by atoms with Gasteiger partial charge >= 0.3 is 0 Å². The van der Waals surface area contributed by atoms with E-state index in [1.165, 1.54) is 18.6 Å². The van der Waals surface area contributed by atoms with Crippen molar-refractivity contribution in [1.82, 2.24) is 20.0 Å². The topological polar surface area (TPSA) is 55.9 Å². The number of piperazine rings is 1. The molecule has 32 heavy (non-hydrogen) atoms. The minimum absolute atomic E-state index is 0.0196. The van der Waals surface area contributed by atoms with Gasteiger partial charge in [-0.15, -0.1) is 0 Å². The van der Waals surface area contributed by atoms with Gasteiger partial charge in [0.25, 0.3) is 0 Å². The van der Waals surface area contributed by atoms with Crippen LogP contribution in [0, 0.1) is 23.6 Å². The van der Waals surface area contributed by atoms with E-state index in [1.807, 2.05) is 18.7 Å². The fraction of sp³-hybridized carbons (Fsp3) is 0.680. The predicted octanol–water partition coefficient (Wildman–Crippen LogP) is 2.76. The molecule has 0 bridgehead atoms. The van der Waals surface area contributed by atoms with Crippen LogP contribution in [-0.2, 0) is 9.59 Å². The molecule has 1 aromatic rings. The lowest BCUT2D eigenvalue weighted by Crippen LogP contribution is -2.53. The summed E-state index contributed by atoms with van der Waals surface area (Å²) in [4.78, 5) is 31.8. The van der Waals surface area contributed by atoms with Crippen molar-refractivity contribution in [3.8, 4) is 0 Å². The lowest BCUT2D eigenvalue weighted by Gasteiger charge is -2.38. The third-order valence-electron chi connectivity index (χ3n) is 6.62. The van der Waals surface area contributed by atoms with E-state index in [-0.39, 0.29) is 29.6 Å². The van der Waals surface area contributed by atoms with Crippen molar-refractivity contribution in [2.24, 2.45) is 17.8 Å². The van der Waals surface area contributed by atoms with Crippen molar-refractivity contribution in [3.63, 3.8) is 0 Å². The number of piperidine rings is 1. The molecule has 1 aromatic carbocycles. The Hall–Kier alpha value is -1.99. The van der Waals surface area contributed by atoms with Crippen molar-refractivity contribution in [2.75, 3.05) is 52.4 Å². The second kappa shape index (κ2) is 11.2. The maximum Gasteiger partial charge on any atom is 0.236 e. The molecule has 2 saturated heterocycles. The van der Waals surface area contributed by atoms with Crippen LogP contribution in [0.15, 0.2) is 24.3 Å². The number of halogens is 1.